The van der Waals surface area contributed by atoms with E-state index in [1.165, 1.54) is 30.0 Å². The molecule has 1 atom stereocenters. The van der Waals surface area contributed by atoms with Gasteiger partial charge < -0.3 is 15.8 Å². The maximum absolute atomic E-state index is 14.1. The van der Waals surface area contributed by atoms with Crippen LogP contribution in [0.15, 0.2) is 18.2 Å². The second-order valence-electron chi connectivity index (χ2n) is 5.44. The van der Waals surface area contributed by atoms with Crippen LogP contribution in [0.3, 0.4) is 0 Å². The van der Waals surface area contributed by atoms with Crippen molar-refractivity contribution in [1.29, 1.82) is 0 Å². The summed E-state index contributed by atoms with van der Waals surface area (Å²) in [6, 6.07) is 3.39. The maximum Gasteiger partial charge on any atom is 0.243 e. The first-order valence-electron chi connectivity index (χ1n) is 7.23. The van der Waals surface area contributed by atoms with Gasteiger partial charge >= 0.3 is 0 Å². The number of anilines is 1. The highest BCUT2D eigenvalue weighted by Crippen LogP contribution is 2.39. The topological polar surface area (TPSA) is 108 Å². The largest absolute Gasteiger partial charge is 0.383 e. The molecule has 1 aliphatic rings. The lowest BCUT2D eigenvalue weighted by Gasteiger charge is -2.12. The van der Waals surface area contributed by atoms with Crippen molar-refractivity contribution in [2.45, 2.75) is 24.8 Å². The Kier molecular flexibility index (Phi) is 4.30. The zero-order valence-corrected chi connectivity index (χ0v) is 12.6. The van der Waals surface area contributed by atoms with Gasteiger partial charge in [0.2, 0.25) is 5.91 Å². The number of nitrogens with two attached hydrogens (primary N) is 1. The Balaban J connectivity index is 1.84. The van der Waals surface area contributed by atoms with Crippen LogP contribution < -0.4 is 11.1 Å². The SMILES string of the molecule is COCC(N)C(=O)Nc1ccc(F)c(-n2nnnc2C2CC2)c1. The van der Waals surface area contributed by atoms with E-state index in [0.717, 1.165) is 12.8 Å². The number of hydrogen-bond donors (Lipinski definition) is 2. The van der Waals surface area contributed by atoms with Gasteiger partial charge in [-0.15, -0.1) is 5.10 Å². The van der Waals surface area contributed by atoms with Crippen LogP contribution in [0.1, 0.15) is 24.6 Å². The van der Waals surface area contributed by atoms with Crippen molar-refractivity contribution in [3.63, 3.8) is 0 Å². The van der Waals surface area contributed by atoms with E-state index >= 15 is 0 Å². The lowest BCUT2D eigenvalue weighted by molar-refractivity contribution is -0.118. The van der Waals surface area contributed by atoms with Crippen molar-refractivity contribution in [2.24, 2.45) is 5.73 Å². The van der Waals surface area contributed by atoms with Crippen molar-refractivity contribution in [1.82, 2.24) is 20.2 Å². The highest BCUT2D eigenvalue weighted by Gasteiger charge is 2.30. The van der Waals surface area contributed by atoms with Crippen LogP contribution in [0.2, 0.25) is 0 Å². The Morgan fingerprint density at radius 3 is 3.04 bits per heavy atom. The standard InChI is InChI=1S/C14H17FN6O2/c1-23-7-11(16)14(22)17-9-4-5-10(15)12(6-9)21-13(8-2-3-8)18-19-20-21/h4-6,8,11H,2-3,7,16H2,1H3,(H,17,22). The molecule has 1 aliphatic carbocycles. The number of hydrogen-bond acceptors (Lipinski definition) is 6. The predicted molar refractivity (Wildman–Crippen MR) is 79.6 cm³/mol. The quantitative estimate of drug-likeness (QED) is 0.806. The van der Waals surface area contributed by atoms with E-state index in [-0.39, 0.29) is 18.2 Å². The van der Waals surface area contributed by atoms with E-state index in [1.807, 2.05) is 0 Å². The zero-order chi connectivity index (χ0) is 16.4. The fourth-order valence-electron chi connectivity index (χ4n) is 2.20. The van der Waals surface area contributed by atoms with Gasteiger partial charge in [-0.3, -0.25) is 4.79 Å². The van der Waals surface area contributed by atoms with Crippen molar-refractivity contribution in [3.8, 4) is 5.69 Å². The number of tetrazole rings is 1. The van der Waals surface area contributed by atoms with E-state index in [2.05, 4.69) is 20.8 Å². The van der Waals surface area contributed by atoms with Crippen LogP contribution in [-0.4, -0.2) is 45.9 Å². The number of nitrogens with zero attached hydrogens (tertiary/aromatic N) is 4. The van der Waals surface area contributed by atoms with Crippen molar-refractivity contribution in [2.75, 3.05) is 19.0 Å². The molecule has 3 N–H and O–H groups in total. The minimum Gasteiger partial charge on any atom is -0.383 e. The van der Waals surface area contributed by atoms with Crippen LogP contribution in [0.4, 0.5) is 10.1 Å². The molecule has 1 saturated carbocycles. The Labute approximate surface area is 131 Å². The third-order valence-electron chi connectivity index (χ3n) is 3.56. The van der Waals surface area contributed by atoms with E-state index in [0.29, 0.717) is 11.5 Å². The molecule has 23 heavy (non-hydrogen) atoms. The fourth-order valence-corrected chi connectivity index (χ4v) is 2.20. The number of aromatic nitrogens is 4. The van der Waals surface area contributed by atoms with Gasteiger partial charge in [-0.25, -0.2) is 4.39 Å². The summed E-state index contributed by atoms with van der Waals surface area (Å²) in [5, 5.41) is 14.0. The third kappa shape index (κ3) is 3.35. The third-order valence-corrected chi connectivity index (χ3v) is 3.56. The highest BCUT2D eigenvalue weighted by atomic mass is 19.1. The van der Waals surface area contributed by atoms with Gasteiger partial charge in [-0.1, -0.05) is 0 Å². The predicted octanol–water partition coefficient (Wildman–Crippen LogP) is 0.591. The maximum atomic E-state index is 14.1. The smallest absolute Gasteiger partial charge is 0.243 e. The average Bonchev–Trinajstić information content (AvgIpc) is 3.27. The van der Waals surface area contributed by atoms with Crippen molar-refractivity contribution >= 4 is 11.6 Å². The molecule has 1 amide bonds. The first-order chi connectivity index (χ1) is 11.1. The van der Waals surface area contributed by atoms with E-state index < -0.39 is 17.8 Å². The zero-order valence-electron chi connectivity index (χ0n) is 12.6. The summed E-state index contributed by atoms with van der Waals surface area (Å²) in [6.45, 7) is 0.0959. The van der Waals surface area contributed by atoms with E-state index in [4.69, 9.17) is 10.5 Å². The monoisotopic (exact) mass is 320 g/mol. The molecule has 2 aromatic rings. The molecule has 0 aliphatic heterocycles. The fraction of sp³-hybridized carbons (Fsp3) is 0.429. The van der Waals surface area contributed by atoms with Gasteiger partial charge in [0.1, 0.15) is 17.5 Å². The number of carbonyl (C=O) groups is 1. The molecule has 0 radical (unpaired) electrons. The molecule has 1 aromatic carbocycles. The Morgan fingerprint density at radius 1 is 1.57 bits per heavy atom. The first kappa shape index (κ1) is 15.5. The van der Waals surface area contributed by atoms with Gasteiger partial charge in [-0.2, -0.15) is 4.68 Å². The van der Waals surface area contributed by atoms with Gasteiger partial charge in [0.05, 0.1) is 6.61 Å². The summed E-state index contributed by atoms with van der Waals surface area (Å²) >= 11 is 0. The van der Waals surface area contributed by atoms with Crippen molar-refractivity contribution < 1.29 is 13.9 Å². The van der Waals surface area contributed by atoms with Crippen LogP contribution >= 0.6 is 0 Å². The molecule has 0 saturated heterocycles. The molecule has 9 heteroatoms. The summed E-state index contributed by atoms with van der Waals surface area (Å²) in [6.07, 6.45) is 1.98. The van der Waals surface area contributed by atoms with E-state index in [1.54, 1.807) is 0 Å². The van der Waals surface area contributed by atoms with Crippen LogP contribution in [0, 0.1) is 5.82 Å². The van der Waals surface area contributed by atoms with Crippen LogP contribution in [-0.2, 0) is 9.53 Å². The Bertz CT molecular complexity index is 715. The van der Waals surface area contributed by atoms with Gasteiger partial charge in [0.15, 0.2) is 5.82 Å². The lowest BCUT2D eigenvalue weighted by atomic mass is 10.2. The molecular formula is C14H17FN6O2. The molecule has 0 bridgehead atoms. The molecule has 8 nitrogen and oxygen atoms in total. The summed E-state index contributed by atoms with van der Waals surface area (Å²) in [4.78, 5) is 11.9. The number of ether oxygens (including phenoxy) is 1. The summed E-state index contributed by atoms with van der Waals surface area (Å²) in [7, 11) is 1.46. The first-order valence-corrected chi connectivity index (χ1v) is 7.23. The molecule has 1 aromatic heterocycles. The summed E-state index contributed by atoms with van der Waals surface area (Å²) < 4.78 is 20.3. The normalized spacial score (nSPS) is 15.4. The number of benzene rings is 1. The van der Waals surface area contributed by atoms with Crippen molar-refractivity contribution in [3.05, 3.63) is 29.8 Å². The molecule has 122 valence electrons. The van der Waals surface area contributed by atoms with Gasteiger partial charge in [0, 0.05) is 18.7 Å². The van der Waals surface area contributed by atoms with E-state index in [9.17, 15) is 9.18 Å². The second-order valence-corrected chi connectivity index (χ2v) is 5.44. The second kappa shape index (κ2) is 6.39. The Morgan fingerprint density at radius 2 is 2.35 bits per heavy atom. The average molecular weight is 320 g/mol. The number of carbonyl (C=O) groups excluding carboxylic acids is 1. The molecule has 0 spiro atoms. The van der Waals surface area contributed by atoms with Crippen LogP contribution in [0.5, 0.6) is 0 Å². The number of rotatable bonds is 6. The summed E-state index contributed by atoms with van der Waals surface area (Å²) in [5.41, 5.74) is 6.26. The minimum absolute atomic E-state index is 0.0959. The lowest BCUT2D eigenvalue weighted by Crippen LogP contribution is -2.39. The molecule has 1 heterocycles. The number of methoxy groups -OCH3 is 1. The number of amides is 1. The number of nitrogens with one attached hydrogen (secondary N) is 1. The molecule has 1 fully saturated rings. The van der Waals surface area contributed by atoms with Crippen LogP contribution in [0.25, 0.3) is 5.69 Å². The highest BCUT2D eigenvalue weighted by molar-refractivity contribution is 5.95. The minimum atomic E-state index is -0.802. The molecule has 3 rings (SSSR count). The van der Waals surface area contributed by atoms with Gasteiger partial charge in [0.25, 0.3) is 0 Å². The number of halogens is 1. The molecule has 1 unspecified atom stereocenters. The summed E-state index contributed by atoms with van der Waals surface area (Å²) in [5.74, 6) is 0.00293. The van der Waals surface area contributed by atoms with Gasteiger partial charge in [-0.05, 0) is 41.5 Å². The molecular weight excluding hydrogens is 303 g/mol. The Hall–Kier alpha value is -2.39.